The molecular formula is C16H31N3O3. The van der Waals surface area contributed by atoms with Crippen LogP contribution in [0.3, 0.4) is 0 Å². The van der Waals surface area contributed by atoms with Gasteiger partial charge in [-0.05, 0) is 26.2 Å². The lowest BCUT2D eigenvalue weighted by Gasteiger charge is -2.38. The average Bonchev–Trinajstić information content (AvgIpc) is 3.04. The Balaban J connectivity index is 1.63. The molecule has 0 bridgehead atoms. The van der Waals surface area contributed by atoms with E-state index in [0.717, 1.165) is 45.8 Å². The molecule has 22 heavy (non-hydrogen) atoms. The minimum atomic E-state index is -0.0487. The highest BCUT2D eigenvalue weighted by molar-refractivity contribution is 5.81. The number of piperazine rings is 1. The van der Waals surface area contributed by atoms with Crippen LogP contribution in [-0.4, -0.2) is 87.4 Å². The maximum Gasteiger partial charge on any atom is 0.237 e. The summed E-state index contributed by atoms with van der Waals surface area (Å²) in [4.78, 5) is 16.9. The first-order valence-corrected chi connectivity index (χ1v) is 8.55. The lowest BCUT2D eigenvalue weighted by atomic mass is 10.2. The number of hydrogen-bond donors (Lipinski definition) is 1. The predicted molar refractivity (Wildman–Crippen MR) is 86.0 cm³/mol. The van der Waals surface area contributed by atoms with E-state index in [1.54, 1.807) is 7.11 Å². The van der Waals surface area contributed by atoms with Crippen molar-refractivity contribution in [3.05, 3.63) is 0 Å². The number of carbonyl (C=O) groups is 1. The van der Waals surface area contributed by atoms with E-state index in [9.17, 15) is 4.79 Å². The highest BCUT2D eigenvalue weighted by Gasteiger charge is 2.27. The van der Waals surface area contributed by atoms with Crippen molar-refractivity contribution in [3.63, 3.8) is 0 Å². The van der Waals surface area contributed by atoms with Crippen molar-refractivity contribution in [1.29, 1.82) is 0 Å². The lowest BCUT2D eigenvalue weighted by molar-refractivity contribution is -0.126. The molecule has 1 amide bonds. The number of methoxy groups -OCH3 is 1. The van der Waals surface area contributed by atoms with Crippen LogP contribution in [0.1, 0.15) is 26.2 Å². The van der Waals surface area contributed by atoms with Crippen molar-refractivity contribution >= 4 is 5.91 Å². The summed E-state index contributed by atoms with van der Waals surface area (Å²) in [7, 11) is 1.68. The summed E-state index contributed by atoms with van der Waals surface area (Å²) in [5.41, 5.74) is 0. The summed E-state index contributed by atoms with van der Waals surface area (Å²) in [6.45, 7) is 9.32. The number of carbonyl (C=O) groups excluding carboxylic acids is 1. The van der Waals surface area contributed by atoms with Crippen LogP contribution in [0.25, 0.3) is 0 Å². The van der Waals surface area contributed by atoms with Crippen molar-refractivity contribution < 1.29 is 14.3 Å². The molecule has 6 nitrogen and oxygen atoms in total. The van der Waals surface area contributed by atoms with Gasteiger partial charge >= 0.3 is 0 Å². The van der Waals surface area contributed by atoms with Gasteiger partial charge in [-0.1, -0.05) is 0 Å². The van der Waals surface area contributed by atoms with Crippen LogP contribution < -0.4 is 5.32 Å². The van der Waals surface area contributed by atoms with Crippen molar-refractivity contribution in [3.8, 4) is 0 Å². The van der Waals surface area contributed by atoms with Gasteiger partial charge in [0.2, 0.25) is 5.91 Å². The van der Waals surface area contributed by atoms with Gasteiger partial charge in [0.05, 0.1) is 12.1 Å². The van der Waals surface area contributed by atoms with Gasteiger partial charge in [0.15, 0.2) is 0 Å². The number of amides is 1. The van der Waals surface area contributed by atoms with E-state index in [1.165, 1.54) is 12.8 Å². The first kappa shape index (κ1) is 17.7. The van der Waals surface area contributed by atoms with Crippen LogP contribution in [0, 0.1) is 0 Å². The normalized spacial score (nSPS) is 25.3. The van der Waals surface area contributed by atoms with Gasteiger partial charge in [-0.25, -0.2) is 0 Å². The predicted octanol–water partition coefficient (Wildman–Crippen LogP) is 0.324. The van der Waals surface area contributed by atoms with Crippen molar-refractivity contribution in [2.45, 2.75) is 38.3 Å². The third-order valence-electron chi connectivity index (χ3n) is 4.64. The molecule has 2 aliphatic heterocycles. The van der Waals surface area contributed by atoms with Gasteiger partial charge in [-0.15, -0.1) is 0 Å². The molecule has 128 valence electrons. The fraction of sp³-hybridized carbons (Fsp3) is 0.938. The maximum atomic E-state index is 12.1. The molecule has 2 saturated heterocycles. The van der Waals surface area contributed by atoms with Gasteiger partial charge in [-0.3, -0.25) is 14.6 Å². The standard InChI is InChI=1S/C16H31N3O3/c1-14(16(20)17-6-4-11-21-2)19-9-7-18(8-10-19)13-15-5-3-12-22-15/h14-15H,3-13H2,1-2H3,(H,17,20). The fourth-order valence-corrected chi connectivity index (χ4v) is 3.15. The summed E-state index contributed by atoms with van der Waals surface area (Å²) < 4.78 is 10.7. The SMILES string of the molecule is COCCCNC(=O)C(C)N1CCN(CC2CCCO2)CC1. The molecule has 0 aromatic carbocycles. The Kier molecular flexibility index (Phi) is 7.59. The zero-order chi connectivity index (χ0) is 15.8. The molecule has 0 radical (unpaired) electrons. The molecule has 1 N–H and O–H groups in total. The molecule has 0 spiro atoms. The molecule has 0 aromatic heterocycles. The fourth-order valence-electron chi connectivity index (χ4n) is 3.15. The second-order valence-electron chi connectivity index (χ2n) is 6.28. The summed E-state index contributed by atoms with van der Waals surface area (Å²) in [6.07, 6.45) is 3.68. The largest absolute Gasteiger partial charge is 0.385 e. The molecule has 2 aliphatic rings. The van der Waals surface area contributed by atoms with Gasteiger partial charge in [-0.2, -0.15) is 0 Å². The lowest BCUT2D eigenvalue weighted by Crippen LogP contribution is -2.54. The minimum absolute atomic E-state index is 0.0487. The van der Waals surface area contributed by atoms with Crippen molar-refractivity contribution in [1.82, 2.24) is 15.1 Å². The van der Waals surface area contributed by atoms with Gasteiger partial charge < -0.3 is 14.8 Å². The summed E-state index contributed by atoms with van der Waals surface area (Å²) >= 11 is 0. The minimum Gasteiger partial charge on any atom is -0.385 e. The molecule has 0 aromatic rings. The Hall–Kier alpha value is -0.690. The van der Waals surface area contributed by atoms with E-state index < -0.39 is 0 Å². The van der Waals surface area contributed by atoms with E-state index in [2.05, 4.69) is 15.1 Å². The highest BCUT2D eigenvalue weighted by Crippen LogP contribution is 2.15. The molecule has 6 heteroatoms. The van der Waals surface area contributed by atoms with Crippen LogP contribution in [0.2, 0.25) is 0 Å². The van der Waals surface area contributed by atoms with Crippen LogP contribution in [0.5, 0.6) is 0 Å². The Morgan fingerprint density at radius 1 is 1.36 bits per heavy atom. The Morgan fingerprint density at radius 2 is 2.14 bits per heavy atom. The number of ether oxygens (including phenoxy) is 2. The van der Waals surface area contributed by atoms with E-state index in [0.29, 0.717) is 19.3 Å². The molecule has 0 saturated carbocycles. The van der Waals surface area contributed by atoms with E-state index in [-0.39, 0.29) is 11.9 Å². The number of hydrogen-bond acceptors (Lipinski definition) is 5. The van der Waals surface area contributed by atoms with Gasteiger partial charge in [0.1, 0.15) is 0 Å². The third-order valence-corrected chi connectivity index (χ3v) is 4.64. The first-order chi connectivity index (χ1) is 10.7. The summed E-state index contributed by atoms with van der Waals surface area (Å²) in [6, 6.07) is -0.0487. The third kappa shape index (κ3) is 5.50. The summed E-state index contributed by atoms with van der Waals surface area (Å²) in [5.74, 6) is 0.128. The monoisotopic (exact) mass is 313 g/mol. The molecule has 2 heterocycles. The van der Waals surface area contributed by atoms with E-state index in [4.69, 9.17) is 9.47 Å². The van der Waals surface area contributed by atoms with Crippen LogP contribution in [0.15, 0.2) is 0 Å². The van der Waals surface area contributed by atoms with E-state index >= 15 is 0 Å². The van der Waals surface area contributed by atoms with E-state index in [1.807, 2.05) is 6.92 Å². The molecule has 2 unspecified atom stereocenters. The average molecular weight is 313 g/mol. The highest BCUT2D eigenvalue weighted by atomic mass is 16.5. The van der Waals surface area contributed by atoms with Crippen LogP contribution in [-0.2, 0) is 14.3 Å². The second kappa shape index (κ2) is 9.45. The van der Waals surface area contributed by atoms with Gasteiger partial charge in [0, 0.05) is 59.6 Å². The Morgan fingerprint density at radius 3 is 2.77 bits per heavy atom. The van der Waals surface area contributed by atoms with Gasteiger partial charge in [0.25, 0.3) is 0 Å². The topological polar surface area (TPSA) is 54.0 Å². The van der Waals surface area contributed by atoms with Crippen LogP contribution >= 0.6 is 0 Å². The number of nitrogens with one attached hydrogen (secondary N) is 1. The first-order valence-electron chi connectivity index (χ1n) is 8.55. The second-order valence-corrected chi connectivity index (χ2v) is 6.28. The Labute approximate surface area is 134 Å². The number of rotatable bonds is 8. The van der Waals surface area contributed by atoms with Crippen molar-refractivity contribution in [2.75, 3.05) is 59.6 Å². The maximum absolute atomic E-state index is 12.1. The zero-order valence-corrected chi connectivity index (χ0v) is 14.1. The molecule has 2 fully saturated rings. The number of nitrogens with zero attached hydrogens (tertiary/aromatic N) is 2. The van der Waals surface area contributed by atoms with Crippen LogP contribution in [0.4, 0.5) is 0 Å². The molecule has 2 atom stereocenters. The zero-order valence-electron chi connectivity index (χ0n) is 14.1. The molecule has 2 rings (SSSR count). The quantitative estimate of drug-likeness (QED) is 0.654. The van der Waals surface area contributed by atoms with Crippen molar-refractivity contribution in [2.24, 2.45) is 0 Å². The Bertz CT molecular complexity index is 327. The molecule has 0 aliphatic carbocycles. The summed E-state index contributed by atoms with van der Waals surface area (Å²) in [5, 5.41) is 2.99. The molecular weight excluding hydrogens is 282 g/mol. The smallest absolute Gasteiger partial charge is 0.237 e.